The molecule has 1 fully saturated rings. The van der Waals surface area contributed by atoms with E-state index in [-0.39, 0.29) is 0 Å². The van der Waals surface area contributed by atoms with Crippen LogP contribution in [0.2, 0.25) is 0 Å². The third-order valence-corrected chi connectivity index (χ3v) is 3.28. The Hall–Kier alpha value is -0.350. The van der Waals surface area contributed by atoms with Crippen LogP contribution in [-0.2, 0) is 13.5 Å². The summed E-state index contributed by atoms with van der Waals surface area (Å²) in [6, 6.07) is 2.11. The fourth-order valence-electron chi connectivity index (χ4n) is 1.78. The molecule has 0 bridgehead atoms. The lowest BCUT2D eigenvalue weighted by molar-refractivity contribution is 0.564. The predicted octanol–water partition coefficient (Wildman–Crippen LogP) is 1.33. The number of hydrogen-bond acceptors (Lipinski definition) is 2. The van der Waals surface area contributed by atoms with Crippen molar-refractivity contribution in [1.29, 1.82) is 0 Å². The monoisotopic (exact) mass is 243 g/mol. The fourth-order valence-corrected chi connectivity index (χ4v) is 2.13. The molecule has 0 aliphatic carbocycles. The van der Waals surface area contributed by atoms with Crippen molar-refractivity contribution in [2.24, 2.45) is 13.0 Å². The summed E-state index contributed by atoms with van der Waals surface area (Å²) in [7, 11) is 1.96. The van der Waals surface area contributed by atoms with E-state index in [9.17, 15) is 0 Å². The van der Waals surface area contributed by atoms with Crippen LogP contribution in [0.15, 0.2) is 10.7 Å². The normalized spacial score (nSPS) is 22.5. The predicted molar refractivity (Wildman–Crippen MR) is 55.6 cm³/mol. The molecule has 1 N–H and O–H groups in total. The Kier molecular flexibility index (Phi) is 2.69. The summed E-state index contributed by atoms with van der Waals surface area (Å²) in [6.07, 6.45) is 2.39. The zero-order valence-electron chi connectivity index (χ0n) is 7.76. The summed E-state index contributed by atoms with van der Waals surface area (Å²) in [4.78, 5) is 0. The zero-order valence-corrected chi connectivity index (χ0v) is 9.34. The molecule has 2 rings (SSSR count). The van der Waals surface area contributed by atoms with Gasteiger partial charge in [0.05, 0.1) is 5.69 Å². The summed E-state index contributed by atoms with van der Waals surface area (Å²) in [5.74, 6) is 0.779. The maximum absolute atomic E-state index is 4.42. The number of nitrogens with zero attached hydrogens (tertiary/aromatic N) is 2. The minimum Gasteiger partial charge on any atom is -0.316 e. The highest BCUT2D eigenvalue weighted by Gasteiger charge is 2.16. The van der Waals surface area contributed by atoms with Gasteiger partial charge >= 0.3 is 0 Å². The summed E-state index contributed by atoms with van der Waals surface area (Å²) >= 11 is 3.45. The third kappa shape index (κ3) is 2.11. The maximum atomic E-state index is 4.42. The molecular weight excluding hydrogens is 230 g/mol. The van der Waals surface area contributed by atoms with Crippen molar-refractivity contribution < 1.29 is 0 Å². The largest absolute Gasteiger partial charge is 0.316 e. The molecule has 1 unspecified atom stereocenters. The van der Waals surface area contributed by atoms with Gasteiger partial charge in [0.2, 0.25) is 0 Å². The molecule has 0 saturated carbocycles. The molecule has 1 aromatic rings. The van der Waals surface area contributed by atoms with Crippen molar-refractivity contribution in [3.05, 3.63) is 16.4 Å². The summed E-state index contributed by atoms with van der Waals surface area (Å²) in [5, 5.41) is 7.78. The molecule has 0 radical (unpaired) electrons. The van der Waals surface area contributed by atoms with Crippen molar-refractivity contribution in [1.82, 2.24) is 15.1 Å². The van der Waals surface area contributed by atoms with Crippen molar-refractivity contribution in [2.75, 3.05) is 13.1 Å². The van der Waals surface area contributed by atoms with Crippen LogP contribution in [0.1, 0.15) is 12.1 Å². The van der Waals surface area contributed by atoms with Gasteiger partial charge in [-0.1, -0.05) is 0 Å². The van der Waals surface area contributed by atoms with Gasteiger partial charge in [-0.05, 0) is 53.8 Å². The molecule has 1 aliphatic heterocycles. The van der Waals surface area contributed by atoms with E-state index in [2.05, 4.69) is 32.4 Å². The molecule has 72 valence electrons. The Bertz CT molecular complexity index is 270. The standard InChI is InChI=1S/C9H14BrN3/c1-13-9(10)5-8(12-13)4-7-2-3-11-6-7/h5,7,11H,2-4,6H2,1H3. The van der Waals surface area contributed by atoms with Crippen LogP contribution in [-0.4, -0.2) is 22.9 Å². The first-order valence-electron chi connectivity index (χ1n) is 4.65. The van der Waals surface area contributed by atoms with Crippen molar-refractivity contribution in [3.63, 3.8) is 0 Å². The Labute approximate surface area is 86.6 Å². The van der Waals surface area contributed by atoms with E-state index in [1.807, 2.05) is 11.7 Å². The number of halogens is 1. The molecule has 1 atom stereocenters. The van der Waals surface area contributed by atoms with Gasteiger partial charge in [-0.3, -0.25) is 4.68 Å². The molecule has 13 heavy (non-hydrogen) atoms. The summed E-state index contributed by atoms with van der Waals surface area (Å²) in [6.45, 7) is 2.31. The molecule has 1 saturated heterocycles. The highest BCUT2D eigenvalue weighted by molar-refractivity contribution is 9.10. The molecule has 1 aromatic heterocycles. The van der Waals surface area contributed by atoms with Gasteiger partial charge in [0.25, 0.3) is 0 Å². The number of rotatable bonds is 2. The highest BCUT2D eigenvalue weighted by atomic mass is 79.9. The van der Waals surface area contributed by atoms with Gasteiger partial charge in [0.1, 0.15) is 4.60 Å². The second-order valence-electron chi connectivity index (χ2n) is 3.64. The van der Waals surface area contributed by atoms with Gasteiger partial charge in [0, 0.05) is 7.05 Å². The van der Waals surface area contributed by atoms with Gasteiger partial charge in [-0.25, -0.2) is 0 Å². The second kappa shape index (κ2) is 3.80. The highest BCUT2D eigenvalue weighted by Crippen LogP contribution is 2.17. The van der Waals surface area contributed by atoms with Gasteiger partial charge in [0.15, 0.2) is 0 Å². The fraction of sp³-hybridized carbons (Fsp3) is 0.667. The first-order chi connectivity index (χ1) is 6.25. The number of hydrogen-bond donors (Lipinski definition) is 1. The molecule has 0 spiro atoms. The summed E-state index contributed by atoms with van der Waals surface area (Å²) < 4.78 is 2.94. The van der Waals surface area contributed by atoms with Crippen LogP contribution < -0.4 is 5.32 Å². The topological polar surface area (TPSA) is 29.9 Å². The van der Waals surface area contributed by atoms with E-state index in [1.54, 1.807) is 0 Å². The van der Waals surface area contributed by atoms with E-state index in [0.29, 0.717) is 0 Å². The molecule has 1 aliphatic rings. The average Bonchev–Trinajstić information content (AvgIpc) is 2.64. The lowest BCUT2D eigenvalue weighted by Gasteiger charge is -2.03. The smallest absolute Gasteiger partial charge is 0.104 e. The van der Waals surface area contributed by atoms with Crippen LogP contribution in [0.3, 0.4) is 0 Å². The first kappa shape index (κ1) is 9.21. The first-order valence-corrected chi connectivity index (χ1v) is 5.44. The van der Waals surface area contributed by atoms with Crippen LogP contribution in [0, 0.1) is 5.92 Å². The van der Waals surface area contributed by atoms with Crippen LogP contribution >= 0.6 is 15.9 Å². The molecular formula is C9H14BrN3. The molecule has 2 heterocycles. The lowest BCUT2D eigenvalue weighted by atomic mass is 10.0. The average molecular weight is 244 g/mol. The summed E-state index contributed by atoms with van der Waals surface area (Å²) in [5.41, 5.74) is 1.20. The van der Waals surface area contributed by atoms with Crippen molar-refractivity contribution >= 4 is 15.9 Å². The van der Waals surface area contributed by atoms with E-state index in [0.717, 1.165) is 23.5 Å². The number of nitrogens with one attached hydrogen (secondary N) is 1. The van der Waals surface area contributed by atoms with Gasteiger partial charge in [-0.15, -0.1) is 0 Å². The Balaban J connectivity index is 2.00. The van der Waals surface area contributed by atoms with Gasteiger partial charge in [-0.2, -0.15) is 5.10 Å². The number of aryl methyl sites for hydroxylation is 1. The second-order valence-corrected chi connectivity index (χ2v) is 4.46. The molecule has 0 amide bonds. The van der Waals surface area contributed by atoms with Crippen LogP contribution in [0.4, 0.5) is 0 Å². The van der Waals surface area contributed by atoms with Crippen molar-refractivity contribution in [2.45, 2.75) is 12.8 Å². The molecule has 4 heteroatoms. The molecule has 3 nitrogen and oxygen atoms in total. The van der Waals surface area contributed by atoms with E-state index in [1.165, 1.54) is 18.7 Å². The Morgan fingerprint density at radius 3 is 3.15 bits per heavy atom. The zero-order chi connectivity index (χ0) is 9.26. The Morgan fingerprint density at radius 2 is 2.62 bits per heavy atom. The van der Waals surface area contributed by atoms with Crippen LogP contribution in [0.25, 0.3) is 0 Å². The van der Waals surface area contributed by atoms with E-state index in [4.69, 9.17) is 0 Å². The van der Waals surface area contributed by atoms with E-state index < -0.39 is 0 Å². The molecule has 0 aromatic carbocycles. The van der Waals surface area contributed by atoms with Gasteiger partial charge < -0.3 is 5.32 Å². The third-order valence-electron chi connectivity index (χ3n) is 2.53. The quantitative estimate of drug-likeness (QED) is 0.850. The number of aromatic nitrogens is 2. The Morgan fingerprint density at radius 1 is 1.77 bits per heavy atom. The minimum absolute atomic E-state index is 0.779. The minimum atomic E-state index is 0.779. The van der Waals surface area contributed by atoms with E-state index >= 15 is 0 Å². The maximum Gasteiger partial charge on any atom is 0.104 e. The van der Waals surface area contributed by atoms with Crippen molar-refractivity contribution in [3.8, 4) is 0 Å². The van der Waals surface area contributed by atoms with Crippen LogP contribution in [0.5, 0.6) is 0 Å². The lowest BCUT2D eigenvalue weighted by Crippen LogP contribution is -2.11. The SMILES string of the molecule is Cn1nc(CC2CCNC2)cc1Br.